The first-order valence-corrected chi connectivity index (χ1v) is 18.1. The second-order valence-electron chi connectivity index (χ2n) is 12.4. The van der Waals surface area contributed by atoms with Gasteiger partial charge in [-0.15, -0.1) is 0 Å². The first kappa shape index (κ1) is 27.7. The van der Waals surface area contributed by atoms with Crippen LogP contribution >= 0.6 is 0 Å². The maximum Gasteiger partial charge on any atom is 0.179 e. The van der Waals surface area contributed by atoms with E-state index in [0.717, 1.165) is 16.9 Å². The van der Waals surface area contributed by atoms with E-state index in [-0.39, 0.29) is 0 Å². The molecule has 0 aromatic heterocycles. The smallest absolute Gasteiger partial charge is 0.179 e. The van der Waals surface area contributed by atoms with Crippen LogP contribution in [0.2, 0.25) is 0 Å². The van der Waals surface area contributed by atoms with Crippen molar-refractivity contribution in [2.24, 2.45) is 0 Å². The van der Waals surface area contributed by atoms with Crippen molar-refractivity contribution in [3.63, 3.8) is 0 Å². The van der Waals surface area contributed by atoms with Gasteiger partial charge in [-0.25, -0.2) is 0 Å². The molecular formula is C42H37NOSi. The Kier molecular flexibility index (Phi) is 7.11. The Morgan fingerprint density at radius 1 is 0.689 bits per heavy atom. The standard InChI is InChI=1S/C42H37NOSi/c1-31-29-36(45(33-15-5-2-6-16-33,34-17-7-3-8-18-34)35-19-9-4-10-20-35)21-14-28-44-42-27-26-32(30-39(31)42)43-40-24-12-11-22-37(40)38-23-13-25-41(38)43/h2-12,14-22,24,26-27,29-30,38,41H,1,13,23,25,28H2/b21-14-,36-29+. The summed E-state index contributed by atoms with van der Waals surface area (Å²) < 4.78 is 6.45. The van der Waals surface area contributed by atoms with Gasteiger partial charge in [0.1, 0.15) is 12.4 Å². The normalized spacial score (nSPS) is 20.8. The summed E-state index contributed by atoms with van der Waals surface area (Å²) in [5.41, 5.74) is 6.10. The molecule has 2 aliphatic heterocycles. The van der Waals surface area contributed by atoms with Gasteiger partial charge in [0.25, 0.3) is 0 Å². The van der Waals surface area contributed by atoms with E-state index in [1.54, 1.807) is 0 Å². The monoisotopic (exact) mass is 599 g/mol. The minimum atomic E-state index is -2.72. The van der Waals surface area contributed by atoms with Crippen LogP contribution in [0.3, 0.4) is 0 Å². The van der Waals surface area contributed by atoms with Crippen LogP contribution in [0, 0.1) is 0 Å². The minimum absolute atomic E-state index is 0.497. The highest BCUT2D eigenvalue weighted by atomic mass is 28.3. The molecule has 1 aliphatic carbocycles. The lowest BCUT2D eigenvalue weighted by molar-refractivity contribution is 0.362. The highest BCUT2D eigenvalue weighted by Crippen LogP contribution is 2.52. The Morgan fingerprint density at radius 3 is 1.98 bits per heavy atom. The van der Waals surface area contributed by atoms with Gasteiger partial charge >= 0.3 is 0 Å². The number of allylic oxidation sites excluding steroid dienone is 4. The van der Waals surface area contributed by atoms with Crippen molar-refractivity contribution in [2.75, 3.05) is 11.5 Å². The molecule has 1 saturated carbocycles. The molecule has 5 aromatic rings. The van der Waals surface area contributed by atoms with Crippen LogP contribution in [-0.4, -0.2) is 20.7 Å². The van der Waals surface area contributed by atoms with Crippen molar-refractivity contribution in [1.29, 1.82) is 0 Å². The predicted molar refractivity (Wildman–Crippen MR) is 191 cm³/mol. The molecule has 0 N–H and O–H groups in total. The number of benzene rings is 5. The SMILES string of the molecule is C=C1/C=C([Si](c2ccccc2)(c2ccccc2)c2ccccc2)\C=C/COc2ccc(N3c4ccccc4C4CCCC43)cc21. The molecule has 3 aliphatic rings. The fourth-order valence-electron chi connectivity index (χ4n) is 8.11. The quantitative estimate of drug-likeness (QED) is 0.150. The third kappa shape index (κ3) is 4.62. The molecule has 8 rings (SSSR count). The lowest BCUT2D eigenvalue weighted by Crippen LogP contribution is -2.68. The largest absolute Gasteiger partial charge is 0.489 e. The topological polar surface area (TPSA) is 12.5 Å². The summed E-state index contributed by atoms with van der Waals surface area (Å²) in [6.45, 7) is 5.23. The molecule has 5 aromatic carbocycles. The number of para-hydroxylation sites is 1. The Morgan fingerprint density at radius 2 is 1.31 bits per heavy atom. The van der Waals surface area contributed by atoms with Crippen LogP contribution in [-0.2, 0) is 0 Å². The summed E-state index contributed by atoms with van der Waals surface area (Å²) in [6, 6.07) is 49.4. The van der Waals surface area contributed by atoms with Crippen molar-refractivity contribution < 1.29 is 4.74 Å². The lowest BCUT2D eigenvalue weighted by Gasteiger charge is -2.35. The van der Waals surface area contributed by atoms with Crippen molar-refractivity contribution in [1.82, 2.24) is 0 Å². The van der Waals surface area contributed by atoms with E-state index in [0.29, 0.717) is 18.6 Å². The van der Waals surface area contributed by atoms with Crippen LogP contribution in [0.4, 0.5) is 11.4 Å². The molecule has 220 valence electrons. The first-order valence-electron chi connectivity index (χ1n) is 16.1. The van der Waals surface area contributed by atoms with Gasteiger partial charge in [-0.05, 0) is 75.1 Å². The summed E-state index contributed by atoms with van der Waals surface area (Å²) in [6.07, 6.45) is 10.6. The maximum atomic E-state index is 6.45. The molecule has 0 bridgehead atoms. The molecule has 2 unspecified atom stereocenters. The van der Waals surface area contributed by atoms with Gasteiger partial charge in [0.2, 0.25) is 0 Å². The fraction of sp³-hybridized carbons (Fsp3) is 0.143. The number of hydrogen-bond acceptors (Lipinski definition) is 2. The van der Waals surface area contributed by atoms with Gasteiger partial charge in [-0.3, -0.25) is 0 Å². The second kappa shape index (κ2) is 11.6. The van der Waals surface area contributed by atoms with Crippen molar-refractivity contribution in [3.05, 3.63) is 175 Å². The predicted octanol–water partition coefficient (Wildman–Crippen LogP) is 8.07. The van der Waals surface area contributed by atoms with E-state index in [4.69, 9.17) is 11.3 Å². The van der Waals surface area contributed by atoms with E-state index in [1.807, 2.05) is 0 Å². The van der Waals surface area contributed by atoms with Gasteiger partial charge in [-0.2, -0.15) is 0 Å². The lowest BCUT2D eigenvalue weighted by atomic mass is 9.98. The zero-order chi connectivity index (χ0) is 30.2. The number of rotatable bonds is 5. The van der Waals surface area contributed by atoms with Crippen LogP contribution in [0.1, 0.15) is 36.3 Å². The number of ether oxygens (including phenoxy) is 1. The van der Waals surface area contributed by atoms with Crippen molar-refractivity contribution in [3.8, 4) is 5.75 Å². The molecule has 1 fully saturated rings. The molecule has 0 amide bonds. The summed E-state index contributed by atoms with van der Waals surface area (Å²) in [5.74, 6) is 1.49. The molecule has 2 atom stereocenters. The molecule has 3 heteroatoms. The van der Waals surface area contributed by atoms with Gasteiger partial charge in [-0.1, -0.05) is 134 Å². The molecule has 0 radical (unpaired) electrons. The summed E-state index contributed by atoms with van der Waals surface area (Å²) in [5, 5.41) is 5.34. The highest BCUT2D eigenvalue weighted by Gasteiger charge is 2.43. The van der Waals surface area contributed by atoms with Crippen LogP contribution in [0.5, 0.6) is 5.75 Å². The zero-order valence-corrected chi connectivity index (χ0v) is 26.5. The van der Waals surface area contributed by atoms with E-state index in [1.165, 1.54) is 57.0 Å². The maximum absolute atomic E-state index is 6.45. The third-order valence-corrected chi connectivity index (χ3v) is 14.8. The van der Waals surface area contributed by atoms with Crippen LogP contribution in [0.15, 0.2) is 163 Å². The van der Waals surface area contributed by atoms with E-state index in [9.17, 15) is 0 Å². The average molecular weight is 600 g/mol. The molecule has 0 spiro atoms. The fourth-order valence-corrected chi connectivity index (χ4v) is 12.9. The number of fused-ring (bicyclic) bond motifs is 4. The Hall–Kier alpha value is -4.86. The van der Waals surface area contributed by atoms with Crippen LogP contribution < -0.4 is 25.2 Å². The first-order chi connectivity index (χ1) is 22.2. The Balaban J connectivity index is 1.31. The minimum Gasteiger partial charge on any atom is -0.489 e. The number of nitrogens with zero attached hydrogens (tertiary/aromatic N) is 1. The molecule has 2 nitrogen and oxygen atoms in total. The highest BCUT2D eigenvalue weighted by molar-refractivity contribution is 7.16. The van der Waals surface area contributed by atoms with Gasteiger partial charge in [0.05, 0.1) is 0 Å². The summed E-state index contributed by atoms with van der Waals surface area (Å²) in [7, 11) is -2.72. The van der Waals surface area contributed by atoms with Crippen molar-refractivity contribution >= 4 is 40.6 Å². The second-order valence-corrected chi connectivity index (χ2v) is 16.2. The molecule has 2 heterocycles. The van der Waals surface area contributed by atoms with E-state index < -0.39 is 8.07 Å². The van der Waals surface area contributed by atoms with Crippen LogP contribution in [0.25, 0.3) is 5.57 Å². The summed E-state index contributed by atoms with van der Waals surface area (Å²) in [4.78, 5) is 2.59. The summed E-state index contributed by atoms with van der Waals surface area (Å²) >= 11 is 0. The zero-order valence-electron chi connectivity index (χ0n) is 25.5. The average Bonchev–Trinajstić information content (AvgIpc) is 3.71. The molecule has 0 saturated heterocycles. The number of hydrogen-bond donors (Lipinski definition) is 0. The molecular weight excluding hydrogens is 563 g/mol. The van der Waals surface area contributed by atoms with Gasteiger partial charge in [0, 0.05) is 28.9 Å². The third-order valence-electron chi connectivity index (χ3n) is 10.0. The Bertz CT molecular complexity index is 1810. The van der Waals surface area contributed by atoms with Gasteiger partial charge in [0.15, 0.2) is 8.07 Å². The van der Waals surface area contributed by atoms with Crippen molar-refractivity contribution in [2.45, 2.75) is 31.2 Å². The number of anilines is 2. The van der Waals surface area contributed by atoms with Gasteiger partial charge < -0.3 is 9.64 Å². The van der Waals surface area contributed by atoms with E-state index >= 15 is 0 Å². The molecule has 45 heavy (non-hydrogen) atoms. The van der Waals surface area contributed by atoms with E-state index in [2.05, 4.69) is 157 Å². The Labute approximate surface area is 267 Å².